The third-order valence-electron chi connectivity index (χ3n) is 9.07. The molecule has 0 radical (unpaired) electrons. The number of rotatable bonds is 6. The molecule has 1 aromatic heterocycles. The smallest absolute Gasteiger partial charge is 0.315 e. The van der Waals surface area contributed by atoms with Crippen LogP contribution in [-0.2, 0) is 5.54 Å². The van der Waals surface area contributed by atoms with Gasteiger partial charge in [0.05, 0.1) is 41.6 Å². The van der Waals surface area contributed by atoms with E-state index in [4.69, 9.17) is 5.26 Å². The van der Waals surface area contributed by atoms with Gasteiger partial charge < -0.3 is 4.90 Å². The second-order valence-electron chi connectivity index (χ2n) is 10.7. The van der Waals surface area contributed by atoms with Crippen molar-refractivity contribution in [1.29, 1.82) is 10.5 Å². The molecule has 3 fully saturated rings. The van der Waals surface area contributed by atoms with E-state index < -0.39 is 5.41 Å². The van der Waals surface area contributed by atoms with Gasteiger partial charge in [-0.1, -0.05) is 43.7 Å². The Morgan fingerprint density at radius 3 is 2.22 bits per heavy atom. The first-order chi connectivity index (χ1) is 17.4. The number of amides is 2. The van der Waals surface area contributed by atoms with Gasteiger partial charge in [0.25, 0.3) is 0 Å². The second kappa shape index (κ2) is 9.19. The molecule has 186 valence electrons. The molecule has 0 N–H and O–H groups in total. The lowest BCUT2D eigenvalue weighted by molar-refractivity contribution is 0.000798. The molecule has 2 amide bonds. The largest absolute Gasteiger partial charge is 0.325 e. The fraction of sp³-hybridized carbons (Fsp3) is 0.536. The van der Waals surface area contributed by atoms with Crippen LogP contribution in [-0.4, -0.2) is 58.0 Å². The molecule has 1 saturated heterocycles. The predicted octanol–water partition coefficient (Wildman–Crippen LogP) is 4.44. The minimum atomic E-state index is -0.450. The zero-order valence-corrected chi connectivity index (χ0v) is 21.2. The summed E-state index contributed by atoms with van der Waals surface area (Å²) in [5.74, 6) is 0.0859. The van der Waals surface area contributed by atoms with Crippen molar-refractivity contribution in [2.24, 2.45) is 5.41 Å². The molecule has 3 aliphatic rings. The van der Waals surface area contributed by atoms with E-state index in [1.54, 1.807) is 17.3 Å². The number of anilines is 1. The summed E-state index contributed by atoms with van der Waals surface area (Å²) in [6, 6.07) is 15.1. The average molecular weight is 484 g/mol. The lowest BCUT2D eigenvalue weighted by atomic mass is 9.66. The number of aromatic nitrogens is 2. The van der Waals surface area contributed by atoms with Crippen LogP contribution in [0.15, 0.2) is 42.7 Å². The number of carbonyl (C=O) groups excluding carboxylic acids is 1. The second-order valence-corrected chi connectivity index (χ2v) is 10.7. The molecule has 0 atom stereocenters. The third kappa shape index (κ3) is 3.81. The Labute approximate surface area is 213 Å². The van der Waals surface area contributed by atoms with E-state index in [0.29, 0.717) is 18.8 Å². The number of nitrogens with zero attached hydrogens (tertiary/aromatic N) is 7. The number of hydrogen-bond acceptors (Lipinski definition) is 6. The molecule has 36 heavy (non-hydrogen) atoms. The number of hydrogen-bond donors (Lipinski definition) is 0. The Bertz CT molecular complexity index is 1190. The van der Waals surface area contributed by atoms with Gasteiger partial charge >= 0.3 is 6.03 Å². The van der Waals surface area contributed by atoms with Gasteiger partial charge in [-0.25, -0.2) is 14.8 Å². The molecule has 1 aromatic carbocycles. The first-order valence-corrected chi connectivity index (χ1v) is 12.9. The van der Waals surface area contributed by atoms with Crippen LogP contribution >= 0.6 is 0 Å². The maximum Gasteiger partial charge on any atom is 0.325 e. The number of nitriles is 2. The Hall–Kier alpha value is -3.49. The van der Waals surface area contributed by atoms with Gasteiger partial charge in [-0.05, 0) is 57.7 Å². The van der Waals surface area contributed by atoms with Crippen LogP contribution in [0.25, 0.3) is 0 Å². The number of urea groups is 1. The van der Waals surface area contributed by atoms with Crippen LogP contribution < -0.4 is 4.90 Å². The number of benzene rings is 1. The topological polar surface area (TPSA) is 100 Å². The summed E-state index contributed by atoms with van der Waals surface area (Å²) in [5, 5.41) is 19.1. The quantitative estimate of drug-likeness (QED) is 0.602. The molecule has 8 heteroatoms. The van der Waals surface area contributed by atoms with Crippen molar-refractivity contribution in [3.63, 3.8) is 0 Å². The standard InChI is InChI=1S/C28H33N7O/c1-3-33(2)28(22-8-5-4-6-9-22)14-12-27(13-15-28)21-34(23-17-31-24(16-29)32-18-23)25(36)35(27)20-26(19-30)10-7-11-26/h4-6,8-9,17-18H,3,7,10-15,20-21H2,1-2H3/t27-,28+. The van der Waals surface area contributed by atoms with Crippen LogP contribution in [0, 0.1) is 28.1 Å². The molecular weight excluding hydrogens is 450 g/mol. The van der Waals surface area contributed by atoms with Crippen molar-refractivity contribution in [2.75, 3.05) is 31.6 Å². The molecule has 5 rings (SSSR count). The van der Waals surface area contributed by atoms with Crippen molar-refractivity contribution in [3.05, 3.63) is 54.1 Å². The van der Waals surface area contributed by atoms with Crippen molar-refractivity contribution >= 4 is 11.7 Å². The highest BCUT2D eigenvalue weighted by molar-refractivity contribution is 5.95. The third-order valence-corrected chi connectivity index (χ3v) is 9.07. The van der Waals surface area contributed by atoms with Crippen molar-refractivity contribution < 1.29 is 4.79 Å². The number of carbonyl (C=O) groups is 1. The highest BCUT2D eigenvalue weighted by atomic mass is 16.2. The Morgan fingerprint density at radius 2 is 1.69 bits per heavy atom. The maximum atomic E-state index is 13.9. The molecule has 2 aliphatic carbocycles. The molecule has 2 aromatic rings. The van der Waals surface area contributed by atoms with Crippen LogP contribution in [0.2, 0.25) is 0 Å². The summed E-state index contributed by atoms with van der Waals surface area (Å²) in [6.07, 6.45) is 9.42. The molecule has 0 unspecified atom stereocenters. The molecular formula is C28H33N7O. The predicted molar refractivity (Wildman–Crippen MR) is 136 cm³/mol. The minimum Gasteiger partial charge on any atom is -0.315 e. The average Bonchev–Trinajstić information content (AvgIpc) is 3.17. The van der Waals surface area contributed by atoms with E-state index >= 15 is 0 Å². The maximum absolute atomic E-state index is 13.9. The summed E-state index contributed by atoms with van der Waals surface area (Å²) in [4.78, 5) is 28.3. The highest BCUT2D eigenvalue weighted by Crippen LogP contribution is 2.52. The molecule has 2 heterocycles. The Kier molecular flexibility index (Phi) is 6.18. The SMILES string of the molecule is CCN(C)[C@]1(c2ccccc2)CC[C@]2(CC1)CN(c1cnc(C#N)nc1)C(=O)N2CC1(C#N)CCC1. The summed E-state index contributed by atoms with van der Waals surface area (Å²) >= 11 is 0. The monoisotopic (exact) mass is 483 g/mol. The Balaban J connectivity index is 1.49. The van der Waals surface area contributed by atoms with Crippen molar-refractivity contribution in [1.82, 2.24) is 19.8 Å². The van der Waals surface area contributed by atoms with Gasteiger partial charge in [-0.3, -0.25) is 9.80 Å². The zero-order chi connectivity index (χ0) is 25.4. The van der Waals surface area contributed by atoms with E-state index in [1.807, 2.05) is 11.0 Å². The van der Waals surface area contributed by atoms with E-state index in [2.05, 4.69) is 65.2 Å². The fourth-order valence-corrected chi connectivity index (χ4v) is 6.46. The molecule has 1 aliphatic heterocycles. The zero-order valence-electron chi connectivity index (χ0n) is 21.2. The van der Waals surface area contributed by atoms with Gasteiger partial charge in [-0.15, -0.1) is 0 Å². The van der Waals surface area contributed by atoms with E-state index in [-0.39, 0.29) is 22.9 Å². The highest BCUT2D eigenvalue weighted by Gasteiger charge is 2.57. The van der Waals surface area contributed by atoms with E-state index in [0.717, 1.165) is 51.5 Å². The van der Waals surface area contributed by atoms with Gasteiger partial charge in [0.15, 0.2) is 0 Å². The van der Waals surface area contributed by atoms with Gasteiger partial charge in [-0.2, -0.15) is 10.5 Å². The van der Waals surface area contributed by atoms with Gasteiger partial charge in [0.1, 0.15) is 6.07 Å². The lowest BCUT2D eigenvalue weighted by Gasteiger charge is -2.53. The first kappa shape index (κ1) is 24.2. The van der Waals surface area contributed by atoms with Crippen LogP contribution in [0.1, 0.15) is 63.3 Å². The lowest BCUT2D eigenvalue weighted by Crippen LogP contribution is -2.58. The van der Waals surface area contributed by atoms with Crippen molar-refractivity contribution in [3.8, 4) is 12.1 Å². The van der Waals surface area contributed by atoms with Gasteiger partial charge in [0, 0.05) is 12.1 Å². The van der Waals surface area contributed by atoms with Crippen LogP contribution in [0.4, 0.5) is 10.5 Å². The minimum absolute atomic E-state index is 0.0790. The summed E-state index contributed by atoms with van der Waals surface area (Å²) in [6.45, 7) is 4.15. The summed E-state index contributed by atoms with van der Waals surface area (Å²) in [7, 11) is 2.20. The molecule has 8 nitrogen and oxygen atoms in total. The summed E-state index contributed by atoms with van der Waals surface area (Å²) in [5.41, 5.74) is 1.05. The van der Waals surface area contributed by atoms with Gasteiger partial charge in [0.2, 0.25) is 5.82 Å². The summed E-state index contributed by atoms with van der Waals surface area (Å²) < 4.78 is 0. The van der Waals surface area contributed by atoms with E-state index in [9.17, 15) is 10.1 Å². The normalized spacial score (nSPS) is 27.1. The van der Waals surface area contributed by atoms with Crippen molar-refractivity contribution in [2.45, 2.75) is 62.9 Å². The first-order valence-electron chi connectivity index (χ1n) is 12.9. The van der Waals surface area contributed by atoms with Crippen LogP contribution in [0.5, 0.6) is 0 Å². The van der Waals surface area contributed by atoms with E-state index in [1.165, 1.54) is 5.56 Å². The fourth-order valence-electron chi connectivity index (χ4n) is 6.46. The van der Waals surface area contributed by atoms with Crippen LogP contribution in [0.3, 0.4) is 0 Å². The molecule has 1 spiro atoms. The molecule has 2 saturated carbocycles. The Morgan fingerprint density at radius 1 is 1.03 bits per heavy atom. The molecule has 0 bridgehead atoms.